The van der Waals surface area contributed by atoms with Gasteiger partial charge in [0.2, 0.25) is 11.8 Å². The third-order valence-corrected chi connectivity index (χ3v) is 3.68. The number of carbonyl (C=O) groups excluding carboxylic acids is 1. The molecule has 1 amide bonds. The number of rotatable bonds is 5. The summed E-state index contributed by atoms with van der Waals surface area (Å²) in [6, 6.07) is 14.7. The monoisotopic (exact) mass is 337 g/mol. The summed E-state index contributed by atoms with van der Waals surface area (Å²) in [6.45, 7) is 3.84. The van der Waals surface area contributed by atoms with E-state index in [2.05, 4.69) is 15.5 Å². The molecule has 1 atom stereocenters. The number of nitrogens with one attached hydrogen (secondary N) is 1. The molecule has 3 rings (SSSR count). The van der Waals surface area contributed by atoms with Crippen LogP contribution in [0.1, 0.15) is 22.8 Å². The predicted octanol–water partition coefficient (Wildman–Crippen LogP) is 2.82. The van der Waals surface area contributed by atoms with Gasteiger partial charge in [0.15, 0.2) is 0 Å². The van der Waals surface area contributed by atoms with Gasteiger partial charge in [0.1, 0.15) is 0 Å². The highest BCUT2D eigenvalue weighted by atomic mass is 16.4. The molecule has 0 bridgehead atoms. The van der Waals surface area contributed by atoms with E-state index in [9.17, 15) is 9.90 Å². The topological polar surface area (TPSA) is 88.2 Å². The van der Waals surface area contributed by atoms with Crippen molar-refractivity contribution >= 4 is 5.91 Å². The number of aliphatic hydroxyl groups is 1. The Morgan fingerprint density at radius 3 is 2.08 bits per heavy atom. The summed E-state index contributed by atoms with van der Waals surface area (Å²) in [7, 11) is 0. The third-order valence-electron chi connectivity index (χ3n) is 3.68. The second kappa shape index (κ2) is 7.27. The van der Waals surface area contributed by atoms with Crippen LogP contribution < -0.4 is 5.32 Å². The molecule has 25 heavy (non-hydrogen) atoms. The minimum absolute atomic E-state index is 0.212. The van der Waals surface area contributed by atoms with Crippen molar-refractivity contribution in [1.82, 2.24) is 15.5 Å². The second-order valence-corrected chi connectivity index (χ2v) is 5.91. The van der Waals surface area contributed by atoms with E-state index in [1.807, 2.05) is 31.2 Å². The largest absolute Gasteiger partial charge is 0.416 e. The van der Waals surface area contributed by atoms with Crippen molar-refractivity contribution in [3.05, 3.63) is 59.7 Å². The summed E-state index contributed by atoms with van der Waals surface area (Å²) in [6.07, 6.45) is -0.582. The van der Waals surface area contributed by atoms with E-state index >= 15 is 0 Å². The molecule has 1 heterocycles. The van der Waals surface area contributed by atoms with Gasteiger partial charge in [0.25, 0.3) is 5.91 Å². The molecule has 0 saturated heterocycles. The minimum Gasteiger partial charge on any atom is -0.416 e. The Morgan fingerprint density at radius 1 is 1.04 bits per heavy atom. The Bertz CT molecular complexity index is 852. The average Bonchev–Trinajstić information content (AvgIpc) is 3.10. The zero-order chi connectivity index (χ0) is 17.8. The Morgan fingerprint density at radius 2 is 1.56 bits per heavy atom. The van der Waals surface area contributed by atoms with Gasteiger partial charge in [0, 0.05) is 23.2 Å². The van der Waals surface area contributed by atoms with Crippen LogP contribution >= 0.6 is 0 Å². The maximum Gasteiger partial charge on any atom is 0.251 e. The van der Waals surface area contributed by atoms with Gasteiger partial charge in [-0.15, -0.1) is 10.2 Å². The van der Waals surface area contributed by atoms with Crippen LogP contribution in [0.25, 0.3) is 22.9 Å². The lowest BCUT2D eigenvalue weighted by Crippen LogP contribution is -2.30. The van der Waals surface area contributed by atoms with Gasteiger partial charge in [-0.1, -0.05) is 17.7 Å². The maximum atomic E-state index is 11.9. The summed E-state index contributed by atoms with van der Waals surface area (Å²) in [5.74, 6) is 0.610. The van der Waals surface area contributed by atoms with Crippen molar-refractivity contribution in [2.24, 2.45) is 0 Å². The van der Waals surface area contributed by atoms with Crippen LogP contribution in [0, 0.1) is 6.92 Å². The number of aromatic nitrogens is 2. The molecule has 6 nitrogen and oxygen atoms in total. The van der Waals surface area contributed by atoms with Crippen LogP contribution in [0.5, 0.6) is 0 Å². The highest BCUT2D eigenvalue weighted by molar-refractivity contribution is 5.94. The molecular weight excluding hydrogens is 318 g/mol. The van der Waals surface area contributed by atoms with Crippen molar-refractivity contribution < 1.29 is 14.3 Å². The Kier molecular flexibility index (Phi) is 4.90. The third kappa shape index (κ3) is 4.10. The van der Waals surface area contributed by atoms with Crippen molar-refractivity contribution in [3.63, 3.8) is 0 Å². The Balaban J connectivity index is 1.74. The molecule has 2 aromatic carbocycles. The van der Waals surface area contributed by atoms with Crippen LogP contribution in [0.15, 0.2) is 52.9 Å². The average molecular weight is 337 g/mol. The number of nitrogens with zero attached hydrogens (tertiary/aromatic N) is 2. The first-order valence-electron chi connectivity index (χ1n) is 8.00. The van der Waals surface area contributed by atoms with Gasteiger partial charge in [-0.3, -0.25) is 4.79 Å². The van der Waals surface area contributed by atoms with Gasteiger partial charge in [0.05, 0.1) is 6.10 Å². The lowest BCUT2D eigenvalue weighted by Gasteiger charge is -2.07. The molecule has 0 aliphatic heterocycles. The number of carbonyl (C=O) groups is 1. The van der Waals surface area contributed by atoms with E-state index in [4.69, 9.17) is 4.42 Å². The van der Waals surface area contributed by atoms with E-state index in [1.165, 1.54) is 0 Å². The summed E-state index contributed by atoms with van der Waals surface area (Å²) < 4.78 is 5.72. The van der Waals surface area contributed by atoms with Gasteiger partial charge >= 0.3 is 0 Å². The molecule has 0 radical (unpaired) electrons. The van der Waals surface area contributed by atoms with Crippen molar-refractivity contribution in [3.8, 4) is 22.9 Å². The molecule has 1 unspecified atom stereocenters. The highest BCUT2D eigenvalue weighted by Crippen LogP contribution is 2.24. The van der Waals surface area contributed by atoms with Gasteiger partial charge in [-0.25, -0.2) is 0 Å². The normalized spacial score (nSPS) is 12.0. The SMILES string of the molecule is Cc1ccc(-c2nnc(-c3ccc(C(=O)NCC(C)O)cc3)o2)cc1. The molecule has 0 aliphatic rings. The first kappa shape index (κ1) is 16.9. The fourth-order valence-electron chi connectivity index (χ4n) is 2.26. The van der Waals surface area contributed by atoms with Gasteiger partial charge < -0.3 is 14.8 Å². The molecule has 0 saturated carbocycles. The van der Waals surface area contributed by atoms with E-state index < -0.39 is 6.10 Å². The first-order valence-corrected chi connectivity index (χ1v) is 8.00. The predicted molar refractivity (Wildman–Crippen MR) is 93.9 cm³/mol. The van der Waals surface area contributed by atoms with Crippen molar-refractivity contribution in [2.45, 2.75) is 20.0 Å². The van der Waals surface area contributed by atoms with E-state index in [0.29, 0.717) is 17.3 Å². The number of benzene rings is 2. The Hall–Kier alpha value is -2.99. The molecule has 0 fully saturated rings. The molecule has 2 N–H and O–H groups in total. The van der Waals surface area contributed by atoms with Crippen LogP contribution in [0.2, 0.25) is 0 Å². The van der Waals surface area contributed by atoms with Crippen LogP contribution in [0.4, 0.5) is 0 Å². The zero-order valence-electron chi connectivity index (χ0n) is 14.1. The number of hydrogen-bond acceptors (Lipinski definition) is 5. The molecule has 128 valence electrons. The van der Waals surface area contributed by atoms with E-state index in [-0.39, 0.29) is 12.5 Å². The smallest absolute Gasteiger partial charge is 0.251 e. The number of hydrogen-bond donors (Lipinski definition) is 2. The minimum atomic E-state index is -0.582. The molecule has 6 heteroatoms. The van der Waals surface area contributed by atoms with Crippen LogP contribution in [0.3, 0.4) is 0 Å². The number of aliphatic hydroxyl groups excluding tert-OH is 1. The highest BCUT2D eigenvalue weighted by Gasteiger charge is 2.12. The molecule has 3 aromatic rings. The van der Waals surface area contributed by atoms with Crippen molar-refractivity contribution in [1.29, 1.82) is 0 Å². The number of aryl methyl sites for hydroxylation is 1. The second-order valence-electron chi connectivity index (χ2n) is 5.91. The summed E-state index contributed by atoms with van der Waals surface area (Å²) in [5.41, 5.74) is 3.26. The lowest BCUT2D eigenvalue weighted by molar-refractivity contribution is 0.0924. The summed E-state index contributed by atoms with van der Waals surface area (Å²) in [5, 5.41) is 20.0. The van der Waals surface area contributed by atoms with E-state index in [0.717, 1.165) is 16.7 Å². The maximum absolute atomic E-state index is 11.9. The fraction of sp³-hybridized carbons (Fsp3) is 0.211. The molecular formula is C19H19N3O3. The number of amides is 1. The standard InChI is InChI=1S/C19H19N3O3/c1-12-3-5-15(6-4-12)18-21-22-19(25-18)16-9-7-14(8-10-16)17(24)20-11-13(2)23/h3-10,13,23H,11H2,1-2H3,(H,20,24). The first-order chi connectivity index (χ1) is 12.0. The van der Waals surface area contributed by atoms with Crippen LogP contribution in [-0.4, -0.2) is 33.9 Å². The van der Waals surface area contributed by atoms with Crippen LogP contribution in [-0.2, 0) is 0 Å². The quantitative estimate of drug-likeness (QED) is 0.747. The Labute approximate surface area is 145 Å². The van der Waals surface area contributed by atoms with E-state index in [1.54, 1.807) is 31.2 Å². The summed E-state index contributed by atoms with van der Waals surface area (Å²) in [4.78, 5) is 11.9. The van der Waals surface area contributed by atoms with Crippen molar-refractivity contribution in [2.75, 3.05) is 6.54 Å². The van der Waals surface area contributed by atoms with Gasteiger partial charge in [-0.05, 0) is 50.2 Å². The molecule has 1 aromatic heterocycles. The summed E-state index contributed by atoms with van der Waals surface area (Å²) >= 11 is 0. The fourth-order valence-corrected chi connectivity index (χ4v) is 2.26. The zero-order valence-corrected chi connectivity index (χ0v) is 14.1. The van der Waals surface area contributed by atoms with Gasteiger partial charge in [-0.2, -0.15) is 0 Å². The lowest BCUT2D eigenvalue weighted by atomic mass is 10.1. The molecule has 0 spiro atoms. The molecule has 0 aliphatic carbocycles.